The van der Waals surface area contributed by atoms with Crippen LogP contribution < -0.4 is 0 Å². The van der Waals surface area contributed by atoms with Crippen LogP contribution in [0.3, 0.4) is 0 Å². The number of hydrogen-bond donors (Lipinski definition) is 0. The van der Waals surface area contributed by atoms with E-state index < -0.39 is 15.8 Å². The van der Waals surface area contributed by atoms with Crippen molar-refractivity contribution in [3.8, 4) is 0 Å². The van der Waals surface area contributed by atoms with Crippen LogP contribution in [0.15, 0.2) is 52.5 Å². The maximum atomic E-state index is 14.0. The summed E-state index contributed by atoms with van der Waals surface area (Å²) >= 11 is 1.27. The van der Waals surface area contributed by atoms with E-state index in [-0.39, 0.29) is 48.6 Å². The quantitative estimate of drug-likeness (QED) is 0.574. The van der Waals surface area contributed by atoms with Gasteiger partial charge in [-0.3, -0.25) is 9.59 Å². The molecule has 8 nitrogen and oxygen atoms in total. The molecule has 0 N–H and O–H groups in total. The third kappa shape index (κ3) is 5.36. The van der Waals surface area contributed by atoms with Gasteiger partial charge in [-0.1, -0.05) is 23.9 Å². The Balaban J connectivity index is 1.27. The summed E-state index contributed by atoms with van der Waals surface area (Å²) in [6.07, 6.45) is 3.59. The van der Waals surface area contributed by atoms with E-state index in [0.29, 0.717) is 10.6 Å². The molecular formula is C22H25FN4O4S2. The third-order valence-electron chi connectivity index (χ3n) is 5.77. The van der Waals surface area contributed by atoms with Gasteiger partial charge in [0.25, 0.3) is 5.91 Å². The molecule has 4 rings (SSSR count). The first-order valence-corrected chi connectivity index (χ1v) is 13.2. The van der Waals surface area contributed by atoms with Crippen molar-refractivity contribution >= 4 is 33.6 Å². The topological polar surface area (TPSA) is 90.9 Å². The summed E-state index contributed by atoms with van der Waals surface area (Å²) < 4.78 is 40.6. The van der Waals surface area contributed by atoms with Crippen LogP contribution in [0.1, 0.15) is 23.2 Å². The Morgan fingerprint density at radius 2 is 1.64 bits per heavy atom. The molecular weight excluding hydrogens is 467 g/mol. The fourth-order valence-corrected chi connectivity index (χ4v) is 6.13. The van der Waals surface area contributed by atoms with Gasteiger partial charge in [-0.05, 0) is 37.1 Å². The summed E-state index contributed by atoms with van der Waals surface area (Å²) in [4.78, 5) is 32.3. The monoisotopic (exact) mass is 492 g/mol. The van der Waals surface area contributed by atoms with Gasteiger partial charge in [0.05, 0.1) is 16.3 Å². The molecule has 0 bridgehead atoms. The summed E-state index contributed by atoms with van der Waals surface area (Å²) in [5, 5.41) is 0.641. The number of carbonyl (C=O) groups excluding carboxylic acids is 2. The van der Waals surface area contributed by atoms with Crippen molar-refractivity contribution in [3.05, 3.63) is 54.0 Å². The lowest BCUT2D eigenvalue weighted by atomic mass is 10.2. The van der Waals surface area contributed by atoms with Crippen LogP contribution in [0.4, 0.5) is 4.39 Å². The van der Waals surface area contributed by atoms with E-state index in [1.807, 2.05) is 4.90 Å². The smallest absolute Gasteiger partial charge is 0.255 e. The zero-order valence-corrected chi connectivity index (χ0v) is 19.7. The van der Waals surface area contributed by atoms with Crippen molar-refractivity contribution in [2.75, 3.05) is 45.0 Å². The molecule has 0 atom stereocenters. The number of likely N-dealkylation sites (tertiary alicyclic amines) is 1. The number of nitrogens with zero attached hydrogens (tertiary/aromatic N) is 4. The largest absolute Gasteiger partial charge is 0.339 e. The minimum atomic E-state index is -3.94. The van der Waals surface area contributed by atoms with Gasteiger partial charge < -0.3 is 9.80 Å². The molecule has 2 amide bonds. The Hall–Kier alpha value is -2.50. The SMILES string of the molecule is O=C(CSc1ccc(C(=O)N2CCCC2)cn1)N1CCN(S(=O)(=O)c2ccccc2F)CC1. The Kier molecular flexibility index (Phi) is 7.30. The maximum Gasteiger partial charge on any atom is 0.255 e. The molecule has 1 aromatic carbocycles. The fourth-order valence-electron chi connectivity index (χ4n) is 3.89. The molecule has 0 spiro atoms. The van der Waals surface area contributed by atoms with Gasteiger partial charge in [0, 0.05) is 45.5 Å². The predicted molar refractivity (Wildman–Crippen MR) is 122 cm³/mol. The van der Waals surface area contributed by atoms with Crippen molar-refractivity contribution in [2.24, 2.45) is 0 Å². The number of benzene rings is 1. The van der Waals surface area contributed by atoms with Crippen LogP contribution in [0, 0.1) is 5.82 Å². The molecule has 0 unspecified atom stereocenters. The van der Waals surface area contributed by atoms with Crippen LogP contribution in [0.5, 0.6) is 0 Å². The van der Waals surface area contributed by atoms with E-state index in [1.165, 1.54) is 34.3 Å². The second-order valence-electron chi connectivity index (χ2n) is 7.89. The minimum Gasteiger partial charge on any atom is -0.339 e. The number of aromatic nitrogens is 1. The molecule has 3 heterocycles. The highest BCUT2D eigenvalue weighted by Gasteiger charge is 2.31. The summed E-state index contributed by atoms with van der Waals surface area (Å²) in [6.45, 7) is 2.25. The van der Waals surface area contributed by atoms with Crippen LogP contribution >= 0.6 is 11.8 Å². The maximum absolute atomic E-state index is 14.0. The number of rotatable bonds is 6. The van der Waals surface area contributed by atoms with Gasteiger partial charge in [0.2, 0.25) is 15.9 Å². The van der Waals surface area contributed by atoms with Crippen LogP contribution in [0.2, 0.25) is 0 Å². The second-order valence-corrected chi connectivity index (χ2v) is 10.8. The molecule has 176 valence electrons. The van der Waals surface area contributed by atoms with Crippen molar-refractivity contribution in [1.29, 1.82) is 0 Å². The zero-order valence-electron chi connectivity index (χ0n) is 18.0. The number of sulfonamides is 1. The fraction of sp³-hybridized carbons (Fsp3) is 0.409. The highest BCUT2D eigenvalue weighted by molar-refractivity contribution is 7.99. The van der Waals surface area contributed by atoms with E-state index in [9.17, 15) is 22.4 Å². The standard InChI is InChI=1S/C22H25FN4O4S2/c23-18-5-1-2-6-19(18)33(30,31)27-13-11-25(12-14-27)21(28)16-32-20-8-7-17(15-24-20)22(29)26-9-3-4-10-26/h1-2,5-8,15H,3-4,9-14,16H2. The number of halogens is 1. The molecule has 2 aromatic rings. The summed E-state index contributed by atoms with van der Waals surface area (Å²) in [5.74, 6) is -0.766. The Morgan fingerprint density at radius 1 is 0.939 bits per heavy atom. The normalized spacial score (nSPS) is 17.4. The average molecular weight is 493 g/mol. The molecule has 0 saturated carbocycles. The lowest BCUT2D eigenvalue weighted by Crippen LogP contribution is -2.51. The van der Waals surface area contributed by atoms with Gasteiger partial charge in [-0.25, -0.2) is 17.8 Å². The zero-order chi connectivity index (χ0) is 23.4. The first-order chi connectivity index (χ1) is 15.9. The molecule has 2 saturated heterocycles. The Bertz CT molecular complexity index is 1110. The first-order valence-electron chi connectivity index (χ1n) is 10.8. The molecule has 2 aliphatic rings. The Labute approximate surface area is 196 Å². The number of piperazine rings is 1. The number of thioether (sulfide) groups is 1. The first kappa shape index (κ1) is 23.7. The van der Waals surface area contributed by atoms with Gasteiger partial charge in [-0.15, -0.1) is 0 Å². The minimum absolute atomic E-state index is 0.0177. The molecule has 0 aliphatic carbocycles. The van der Waals surface area contributed by atoms with Gasteiger partial charge in [0.15, 0.2) is 0 Å². The van der Waals surface area contributed by atoms with Gasteiger partial charge >= 0.3 is 0 Å². The summed E-state index contributed by atoms with van der Waals surface area (Å²) in [6, 6.07) is 8.75. The lowest BCUT2D eigenvalue weighted by Gasteiger charge is -2.34. The average Bonchev–Trinajstić information content (AvgIpc) is 3.38. The molecule has 33 heavy (non-hydrogen) atoms. The Morgan fingerprint density at radius 3 is 2.27 bits per heavy atom. The number of hydrogen-bond acceptors (Lipinski definition) is 6. The van der Waals surface area contributed by atoms with Crippen molar-refractivity contribution < 1.29 is 22.4 Å². The van der Waals surface area contributed by atoms with Crippen molar-refractivity contribution in [3.63, 3.8) is 0 Å². The van der Waals surface area contributed by atoms with Gasteiger partial charge in [0.1, 0.15) is 10.7 Å². The molecule has 0 radical (unpaired) electrons. The van der Waals surface area contributed by atoms with Gasteiger partial charge in [-0.2, -0.15) is 4.31 Å². The number of amides is 2. The second kappa shape index (κ2) is 10.2. The molecule has 11 heteroatoms. The van der Waals surface area contributed by atoms with E-state index in [0.717, 1.165) is 32.0 Å². The van der Waals surface area contributed by atoms with Crippen LogP contribution in [-0.2, 0) is 14.8 Å². The molecule has 2 fully saturated rings. The van der Waals surface area contributed by atoms with Crippen molar-refractivity contribution in [1.82, 2.24) is 19.1 Å². The van der Waals surface area contributed by atoms with E-state index >= 15 is 0 Å². The highest BCUT2D eigenvalue weighted by atomic mass is 32.2. The van der Waals surface area contributed by atoms with E-state index in [1.54, 1.807) is 23.2 Å². The van der Waals surface area contributed by atoms with E-state index in [2.05, 4.69) is 4.98 Å². The van der Waals surface area contributed by atoms with Crippen LogP contribution in [0.25, 0.3) is 0 Å². The molecule has 2 aliphatic heterocycles. The van der Waals surface area contributed by atoms with Crippen molar-refractivity contribution in [2.45, 2.75) is 22.8 Å². The predicted octanol–water partition coefficient (Wildman–Crippen LogP) is 2.08. The lowest BCUT2D eigenvalue weighted by molar-refractivity contribution is -0.129. The van der Waals surface area contributed by atoms with E-state index in [4.69, 9.17) is 0 Å². The number of pyridine rings is 1. The molecule has 1 aromatic heterocycles. The number of carbonyl (C=O) groups is 2. The summed E-state index contributed by atoms with van der Waals surface area (Å²) in [5.41, 5.74) is 0.541. The summed E-state index contributed by atoms with van der Waals surface area (Å²) in [7, 11) is -3.94. The third-order valence-corrected chi connectivity index (χ3v) is 8.63. The van der Waals surface area contributed by atoms with Crippen LogP contribution in [-0.4, -0.2) is 84.3 Å². The highest BCUT2D eigenvalue weighted by Crippen LogP contribution is 2.22.